The van der Waals surface area contributed by atoms with Crippen molar-refractivity contribution in [3.63, 3.8) is 0 Å². The fourth-order valence-electron chi connectivity index (χ4n) is 2.12. The molecule has 3 aromatic heterocycles. The largest absolute Gasteiger partial charge is 0.477 e. The van der Waals surface area contributed by atoms with Gasteiger partial charge in [0.2, 0.25) is 5.88 Å². The van der Waals surface area contributed by atoms with Gasteiger partial charge in [0.1, 0.15) is 5.56 Å². The third-order valence-electron chi connectivity index (χ3n) is 3.11. The highest BCUT2D eigenvalue weighted by atomic mass is 16.5. The third-order valence-corrected chi connectivity index (χ3v) is 3.11. The Balaban J connectivity index is 2.21. The molecule has 0 bridgehead atoms. The topological polar surface area (TPSA) is 95.1 Å². The smallest absolute Gasteiger partial charge is 0.341 e. The first kappa shape index (κ1) is 13.1. The lowest BCUT2D eigenvalue weighted by molar-refractivity contribution is 0.0694. The van der Waals surface area contributed by atoms with E-state index in [0.29, 0.717) is 16.9 Å². The molecule has 0 unspecified atom stereocenters. The summed E-state index contributed by atoms with van der Waals surface area (Å²) >= 11 is 0. The Morgan fingerprint density at radius 3 is 2.67 bits per heavy atom. The molecule has 0 amide bonds. The quantitative estimate of drug-likeness (QED) is 0.784. The minimum Gasteiger partial charge on any atom is -0.477 e. The summed E-state index contributed by atoms with van der Waals surface area (Å²) in [6.07, 6.45) is 2.80. The van der Waals surface area contributed by atoms with Crippen molar-refractivity contribution >= 4 is 17.0 Å². The molecule has 0 atom stereocenters. The molecule has 3 heterocycles. The van der Waals surface area contributed by atoms with Crippen LogP contribution >= 0.6 is 0 Å². The standard InChI is InChI=1S/C13H13N5O3/c1-7-4-10(17(2)16-7)21-11-8-6-15-18(3)12(8)14-5-9(11)13(19)20/h4-6H,1-3H3,(H,19,20). The van der Waals surface area contributed by atoms with E-state index in [-0.39, 0.29) is 11.3 Å². The van der Waals surface area contributed by atoms with E-state index in [0.717, 1.165) is 5.69 Å². The van der Waals surface area contributed by atoms with Crippen LogP contribution in [0.15, 0.2) is 18.5 Å². The molecule has 3 aromatic rings. The molecule has 0 aliphatic rings. The number of aromatic carboxylic acids is 1. The van der Waals surface area contributed by atoms with Crippen LogP contribution in [0.1, 0.15) is 16.1 Å². The summed E-state index contributed by atoms with van der Waals surface area (Å²) in [5.74, 6) is -0.447. The summed E-state index contributed by atoms with van der Waals surface area (Å²) in [6.45, 7) is 1.83. The second kappa shape index (κ2) is 4.58. The minimum absolute atomic E-state index is 0.0191. The van der Waals surface area contributed by atoms with Gasteiger partial charge in [-0.05, 0) is 6.92 Å². The van der Waals surface area contributed by atoms with E-state index in [4.69, 9.17) is 4.74 Å². The van der Waals surface area contributed by atoms with Crippen molar-refractivity contribution in [3.8, 4) is 11.6 Å². The Hall–Kier alpha value is -2.90. The lowest BCUT2D eigenvalue weighted by atomic mass is 10.2. The summed E-state index contributed by atoms with van der Waals surface area (Å²) < 4.78 is 8.88. The fourth-order valence-corrected chi connectivity index (χ4v) is 2.12. The maximum atomic E-state index is 11.4. The van der Waals surface area contributed by atoms with E-state index in [1.165, 1.54) is 12.4 Å². The average Bonchev–Trinajstić information content (AvgIpc) is 2.94. The van der Waals surface area contributed by atoms with Gasteiger partial charge in [-0.3, -0.25) is 4.68 Å². The van der Waals surface area contributed by atoms with Crippen molar-refractivity contribution in [3.05, 3.63) is 29.7 Å². The Bertz CT molecular complexity index is 849. The number of carbonyl (C=O) groups is 1. The fraction of sp³-hybridized carbons (Fsp3) is 0.231. The first-order valence-electron chi connectivity index (χ1n) is 6.20. The molecule has 0 aliphatic heterocycles. The third kappa shape index (κ3) is 2.10. The molecular formula is C13H13N5O3. The highest BCUT2D eigenvalue weighted by molar-refractivity contribution is 5.98. The van der Waals surface area contributed by atoms with Crippen molar-refractivity contribution in [2.24, 2.45) is 14.1 Å². The second-order valence-electron chi connectivity index (χ2n) is 4.66. The van der Waals surface area contributed by atoms with Crippen LogP contribution in [-0.2, 0) is 14.1 Å². The van der Waals surface area contributed by atoms with Gasteiger partial charge in [-0.2, -0.15) is 10.2 Å². The van der Waals surface area contributed by atoms with Gasteiger partial charge in [-0.25, -0.2) is 14.5 Å². The molecule has 0 radical (unpaired) electrons. The van der Waals surface area contributed by atoms with Crippen LogP contribution in [0.5, 0.6) is 11.6 Å². The van der Waals surface area contributed by atoms with Gasteiger partial charge in [0.15, 0.2) is 11.4 Å². The summed E-state index contributed by atoms with van der Waals surface area (Å²) in [5, 5.41) is 18.1. The van der Waals surface area contributed by atoms with E-state index >= 15 is 0 Å². The number of rotatable bonds is 3. The first-order valence-corrected chi connectivity index (χ1v) is 6.20. The van der Waals surface area contributed by atoms with E-state index in [1.807, 2.05) is 6.92 Å². The maximum absolute atomic E-state index is 11.4. The number of ether oxygens (including phenoxy) is 1. The average molecular weight is 287 g/mol. The van der Waals surface area contributed by atoms with Crippen molar-refractivity contribution in [1.29, 1.82) is 0 Å². The number of hydrogen-bond acceptors (Lipinski definition) is 5. The van der Waals surface area contributed by atoms with Gasteiger partial charge in [-0.1, -0.05) is 0 Å². The van der Waals surface area contributed by atoms with Crippen molar-refractivity contribution < 1.29 is 14.6 Å². The van der Waals surface area contributed by atoms with Gasteiger partial charge in [-0.15, -0.1) is 0 Å². The highest BCUT2D eigenvalue weighted by Gasteiger charge is 2.20. The summed E-state index contributed by atoms with van der Waals surface area (Å²) in [7, 11) is 3.46. The molecule has 21 heavy (non-hydrogen) atoms. The number of fused-ring (bicyclic) bond motifs is 1. The molecule has 0 spiro atoms. The number of carboxylic acid groups (broad SMARTS) is 1. The zero-order valence-corrected chi connectivity index (χ0v) is 11.7. The summed E-state index contributed by atoms with van der Waals surface area (Å²) in [6, 6.07) is 1.73. The number of pyridine rings is 1. The van der Waals surface area contributed by atoms with E-state index in [1.54, 1.807) is 29.5 Å². The molecule has 0 saturated carbocycles. The molecule has 0 aromatic carbocycles. The van der Waals surface area contributed by atoms with Gasteiger partial charge >= 0.3 is 5.97 Å². The van der Waals surface area contributed by atoms with E-state index in [9.17, 15) is 9.90 Å². The van der Waals surface area contributed by atoms with E-state index in [2.05, 4.69) is 15.2 Å². The van der Waals surface area contributed by atoms with Crippen LogP contribution in [0, 0.1) is 6.92 Å². The van der Waals surface area contributed by atoms with Crippen LogP contribution in [0.4, 0.5) is 0 Å². The Labute approximate surface area is 119 Å². The lowest BCUT2D eigenvalue weighted by Gasteiger charge is -2.09. The molecule has 3 rings (SSSR count). The van der Waals surface area contributed by atoms with Crippen molar-refractivity contribution in [1.82, 2.24) is 24.5 Å². The molecule has 1 N–H and O–H groups in total. The molecule has 8 heteroatoms. The zero-order chi connectivity index (χ0) is 15.1. The van der Waals surface area contributed by atoms with Crippen LogP contribution in [0.25, 0.3) is 11.0 Å². The van der Waals surface area contributed by atoms with Gasteiger partial charge in [0, 0.05) is 26.4 Å². The van der Waals surface area contributed by atoms with Crippen LogP contribution in [0.3, 0.4) is 0 Å². The van der Waals surface area contributed by atoms with Crippen molar-refractivity contribution in [2.45, 2.75) is 6.92 Å². The van der Waals surface area contributed by atoms with Crippen LogP contribution in [0.2, 0.25) is 0 Å². The monoisotopic (exact) mass is 287 g/mol. The Morgan fingerprint density at radius 1 is 1.29 bits per heavy atom. The molecule has 8 nitrogen and oxygen atoms in total. The predicted octanol–water partition coefficient (Wildman–Crippen LogP) is 1.50. The summed E-state index contributed by atoms with van der Waals surface area (Å²) in [5.41, 5.74) is 1.31. The lowest BCUT2D eigenvalue weighted by Crippen LogP contribution is -2.04. The number of nitrogens with zero attached hydrogens (tertiary/aromatic N) is 5. The van der Waals surface area contributed by atoms with Crippen molar-refractivity contribution in [2.75, 3.05) is 0 Å². The summed E-state index contributed by atoms with van der Waals surface area (Å²) in [4.78, 5) is 15.5. The Morgan fingerprint density at radius 2 is 2.05 bits per heavy atom. The normalized spacial score (nSPS) is 11.0. The number of carboxylic acids is 1. The number of hydrogen-bond donors (Lipinski definition) is 1. The molecular weight excluding hydrogens is 274 g/mol. The highest BCUT2D eigenvalue weighted by Crippen LogP contribution is 2.32. The Kier molecular flexibility index (Phi) is 2.86. The SMILES string of the molecule is Cc1cc(Oc2c(C(=O)O)cnc3c2cnn3C)n(C)n1. The second-order valence-corrected chi connectivity index (χ2v) is 4.66. The van der Waals surface area contributed by atoms with E-state index < -0.39 is 5.97 Å². The molecule has 0 fully saturated rings. The molecule has 0 saturated heterocycles. The van der Waals surface area contributed by atoms with Crippen LogP contribution in [-0.4, -0.2) is 35.6 Å². The van der Waals surface area contributed by atoms with Gasteiger partial charge in [0.05, 0.1) is 17.3 Å². The minimum atomic E-state index is -1.11. The maximum Gasteiger partial charge on any atom is 0.341 e. The molecule has 108 valence electrons. The molecule has 0 aliphatic carbocycles. The zero-order valence-electron chi connectivity index (χ0n) is 11.7. The van der Waals surface area contributed by atoms with Gasteiger partial charge < -0.3 is 9.84 Å². The van der Waals surface area contributed by atoms with Crippen LogP contribution < -0.4 is 4.74 Å². The first-order chi connectivity index (χ1) is 9.97. The number of aromatic nitrogens is 5. The predicted molar refractivity (Wildman–Crippen MR) is 73.5 cm³/mol. The number of aryl methyl sites for hydroxylation is 3. The van der Waals surface area contributed by atoms with Gasteiger partial charge in [0.25, 0.3) is 0 Å².